The van der Waals surface area contributed by atoms with Gasteiger partial charge in [0.05, 0.1) is 0 Å². The molecule has 1 aliphatic carbocycles. The first-order valence-electron chi connectivity index (χ1n) is 20.3. The number of hydrogen-bond donors (Lipinski definition) is 0. The summed E-state index contributed by atoms with van der Waals surface area (Å²) in [6.45, 7) is 13.7. The monoisotopic (exact) mass is 752 g/mol. The fourth-order valence-corrected chi connectivity index (χ4v) is 10.7. The summed E-state index contributed by atoms with van der Waals surface area (Å²) in [6.07, 6.45) is 10.2. The molecule has 0 atom stereocenters. The first-order valence-corrected chi connectivity index (χ1v) is 21.1. The summed E-state index contributed by atoms with van der Waals surface area (Å²) in [5.41, 5.74) is 14.3. The lowest BCUT2D eigenvalue weighted by atomic mass is 9.79. The van der Waals surface area contributed by atoms with Crippen LogP contribution in [0.25, 0.3) is 94.4 Å². The predicted molar refractivity (Wildman–Crippen MR) is 252 cm³/mol. The van der Waals surface area contributed by atoms with E-state index in [0.29, 0.717) is 0 Å². The molecule has 9 rings (SSSR count). The Morgan fingerprint density at radius 3 is 1.89 bits per heavy atom. The zero-order valence-corrected chi connectivity index (χ0v) is 34.6. The van der Waals surface area contributed by atoms with E-state index < -0.39 is 0 Å². The lowest BCUT2D eigenvalue weighted by molar-refractivity contribution is 0.666. The third-order valence-corrected chi connectivity index (χ3v) is 13.4. The summed E-state index contributed by atoms with van der Waals surface area (Å²) < 4.78 is 1.41. The Morgan fingerprint density at radius 2 is 1.16 bits per heavy atom. The smallest absolute Gasteiger partial charge is 0.0433 e. The molecule has 0 fully saturated rings. The van der Waals surface area contributed by atoms with Crippen molar-refractivity contribution in [3.05, 3.63) is 184 Å². The van der Waals surface area contributed by atoms with E-state index in [0.717, 1.165) is 6.42 Å². The average molecular weight is 753 g/mol. The number of aryl methyl sites for hydroxylation is 1. The molecule has 1 aromatic heterocycles. The van der Waals surface area contributed by atoms with Crippen molar-refractivity contribution in [1.29, 1.82) is 0 Å². The Hall–Kier alpha value is -6.02. The average Bonchev–Trinajstić information content (AvgIpc) is 3.70. The molecule has 7 aromatic carbocycles. The summed E-state index contributed by atoms with van der Waals surface area (Å²) in [7, 11) is 0. The highest BCUT2D eigenvalue weighted by Crippen LogP contribution is 2.57. The van der Waals surface area contributed by atoms with Crippen molar-refractivity contribution in [2.24, 2.45) is 0 Å². The number of fused-ring (bicyclic) bond motifs is 9. The Kier molecular flexibility index (Phi) is 9.51. The van der Waals surface area contributed by atoms with Gasteiger partial charge in [0.2, 0.25) is 0 Å². The first-order chi connectivity index (χ1) is 27.8. The summed E-state index contributed by atoms with van der Waals surface area (Å²) in [5, 5.41) is 9.10. The van der Waals surface area contributed by atoms with E-state index in [2.05, 4.69) is 211 Å². The molecule has 1 aliphatic rings. The van der Waals surface area contributed by atoms with Crippen LogP contribution in [0.3, 0.4) is 0 Å². The zero-order valence-electron chi connectivity index (χ0n) is 33.8. The molecule has 0 bridgehead atoms. The number of thiophene rings is 1. The molecular weight excluding hydrogens is 705 g/mol. The molecule has 0 saturated carbocycles. The molecule has 1 heteroatoms. The van der Waals surface area contributed by atoms with Crippen molar-refractivity contribution >= 4 is 61.2 Å². The van der Waals surface area contributed by atoms with Gasteiger partial charge in [-0.3, -0.25) is 0 Å². The van der Waals surface area contributed by atoms with Crippen molar-refractivity contribution in [2.45, 2.75) is 53.4 Å². The third-order valence-electron chi connectivity index (χ3n) is 12.1. The zero-order chi connectivity index (χ0) is 39.3. The number of allylic oxidation sites excluding steroid dienone is 1. The van der Waals surface area contributed by atoms with E-state index in [9.17, 15) is 0 Å². The van der Waals surface area contributed by atoms with Crippen LogP contribution < -0.4 is 10.4 Å². The van der Waals surface area contributed by atoms with E-state index in [1.165, 1.54) is 108 Å². The van der Waals surface area contributed by atoms with Gasteiger partial charge in [-0.25, -0.2) is 0 Å². The normalized spacial score (nSPS) is 13.8. The van der Waals surface area contributed by atoms with Crippen LogP contribution >= 0.6 is 11.3 Å². The molecule has 1 heterocycles. The largest absolute Gasteiger partial charge is 0.135 e. The minimum absolute atomic E-state index is 0.120. The predicted octanol–water partition coefficient (Wildman–Crippen LogP) is 15.0. The standard InChI is InChI=1S/C56H48S/c1-7-10-28-51-36(4)52-54-53(47-25-17-18-26-48(47)55(52)57-51)49-35-40(33-34-50(49)56(54,5)6)37-29-31-39(32-30-37)43-22-13-11-12-14-24-45(42(9-3)41(43)8-2)46-27-19-21-38-20-15-16-23-44(38)46/h8-35H,7H2,1-6H3/b13-11?,14-12?,28-10-,41-8+,42-9+,43-22?,45-24?. The van der Waals surface area contributed by atoms with Crippen LogP contribution in [0.4, 0.5) is 0 Å². The quantitative estimate of drug-likeness (QED) is 0.164. The second-order valence-electron chi connectivity index (χ2n) is 15.7. The molecule has 278 valence electrons. The van der Waals surface area contributed by atoms with Crippen molar-refractivity contribution in [3.63, 3.8) is 0 Å². The summed E-state index contributed by atoms with van der Waals surface area (Å²) in [6, 6.07) is 53.9. The van der Waals surface area contributed by atoms with Crippen molar-refractivity contribution in [3.8, 4) is 44.5 Å². The highest BCUT2D eigenvalue weighted by atomic mass is 32.1. The van der Waals surface area contributed by atoms with Gasteiger partial charge in [-0.2, -0.15) is 0 Å². The van der Waals surface area contributed by atoms with Crippen molar-refractivity contribution in [2.75, 3.05) is 0 Å². The van der Waals surface area contributed by atoms with Crippen LogP contribution in [0.15, 0.2) is 152 Å². The van der Waals surface area contributed by atoms with Gasteiger partial charge in [-0.05, 0) is 127 Å². The molecule has 57 heavy (non-hydrogen) atoms. The van der Waals surface area contributed by atoms with Crippen LogP contribution in [0.5, 0.6) is 0 Å². The molecule has 0 saturated heterocycles. The molecule has 0 radical (unpaired) electrons. The number of rotatable bonds is 5. The molecule has 0 unspecified atom stereocenters. The van der Waals surface area contributed by atoms with E-state index in [4.69, 9.17) is 0 Å². The maximum absolute atomic E-state index is 2.46. The SMILES string of the molecule is C/C=c1/c(-c2ccc(-c3ccc4c(c3)-c3c(c5c(C)c(/C=C\CC)sc5c5ccccc35)C4(C)C)cc2)ccccccc(-c2cccc3ccccc23)/c1=C/C. The van der Waals surface area contributed by atoms with Gasteiger partial charge >= 0.3 is 0 Å². The van der Waals surface area contributed by atoms with Gasteiger partial charge in [0.25, 0.3) is 0 Å². The van der Waals surface area contributed by atoms with Gasteiger partial charge in [-0.15, -0.1) is 11.3 Å². The third kappa shape index (κ3) is 6.04. The lowest BCUT2D eigenvalue weighted by Gasteiger charge is -2.23. The molecule has 0 nitrogen and oxygen atoms in total. The molecular formula is C56H48S. The van der Waals surface area contributed by atoms with Gasteiger partial charge in [0.1, 0.15) is 0 Å². The van der Waals surface area contributed by atoms with Crippen molar-refractivity contribution in [1.82, 2.24) is 0 Å². The Bertz CT molecular complexity index is 3090. The summed E-state index contributed by atoms with van der Waals surface area (Å²) in [4.78, 5) is 1.37. The Morgan fingerprint density at radius 1 is 0.561 bits per heavy atom. The highest BCUT2D eigenvalue weighted by molar-refractivity contribution is 7.21. The maximum atomic E-state index is 2.46. The topological polar surface area (TPSA) is 0 Å². The fraction of sp³-hybridized carbons (Fsp3) is 0.143. The van der Waals surface area contributed by atoms with Crippen LogP contribution in [-0.2, 0) is 5.41 Å². The molecule has 8 aromatic rings. The van der Waals surface area contributed by atoms with Crippen LogP contribution in [0, 0.1) is 6.92 Å². The van der Waals surface area contributed by atoms with E-state index in [-0.39, 0.29) is 5.41 Å². The molecule has 0 aliphatic heterocycles. The van der Waals surface area contributed by atoms with Gasteiger partial charge < -0.3 is 0 Å². The highest BCUT2D eigenvalue weighted by Gasteiger charge is 2.39. The molecule has 0 amide bonds. The van der Waals surface area contributed by atoms with E-state index in [1.54, 1.807) is 0 Å². The fourth-order valence-electron chi connectivity index (χ4n) is 9.39. The maximum Gasteiger partial charge on any atom is 0.0433 e. The molecule has 0 spiro atoms. The number of benzene rings is 6. The summed E-state index contributed by atoms with van der Waals surface area (Å²) in [5.74, 6) is 0. The van der Waals surface area contributed by atoms with Gasteiger partial charge in [0, 0.05) is 25.8 Å². The minimum Gasteiger partial charge on any atom is -0.135 e. The Labute approximate surface area is 341 Å². The van der Waals surface area contributed by atoms with Gasteiger partial charge in [-0.1, -0.05) is 179 Å². The van der Waals surface area contributed by atoms with Crippen molar-refractivity contribution < 1.29 is 0 Å². The van der Waals surface area contributed by atoms with E-state index >= 15 is 0 Å². The second kappa shape index (κ2) is 14.8. The van der Waals surface area contributed by atoms with Gasteiger partial charge in [0.15, 0.2) is 0 Å². The number of hydrogen-bond acceptors (Lipinski definition) is 1. The summed E-state index contributed by atoms with van der Waals surface area (Å²) >= 11 is 1.95. The lowest BCUT2D eigenvalue weighted by Crippen LogP contribution is -2.27. The van der Waals surface area contributed by atoms with Crippen LogP contribution in [-0.4, -0.2) is 0 Å². The minimum atomic E-state index is -0.120. The van der Waals surface area contributed by atoms with Crippen LogP contribution in [0.2, 0.25) is 0 Å². The Balaban J connectivity index is 1.20. The molecule has 0 N–H and O–H groups in total. The first kappa shape index (κ1) is 36.6. The second-order valence-corrected chi connectivity index (χ2v) is 16.8. The van der Waals surface area contributed by atoms with Crippen LogP contribution in [0.1, 0.15) is 62.6 Å². The van der Waals surface area contributed by atoms with E-state index in [1.807, 2.05) is 11.3 Å².